The molecule has 7 heteroatoms. The summed E-state index contributed by atoms with van der Waals surface area (Å²) < 4.78 is 6.16. The van der Waals surface area contributed by atoms with Gasteiger partial charge in [-0.2, -0.15) is 0 Å². The smallest absolute Gasteiger partial charge is 0.335 e. The molecule has 0 atom stereocenters. The number of ether oxygens (including phenoxy) is 1. The second-order valence-corrected chi connectivity index (χ2v) is 7.39. The number of urea groups is 1. The van der Waals surface area contributed by atoms with Crippen LogP contribution in [0.5, 0.6) is 5.75 Å². The van der Waals surface area contributed by atoms with E-state index in [1.54, 1.807) is 47.6 Å². The van der Waals surface area contributed by atoms with E-state index in [9.17, 15) is 14.7 Å². The van der Waals surface area contributed by atoms with E-state index in [0.717, 1.165) is 29.7 Å². The predicted molar refractivity (Wildman–Crippen MR) is 117 cm³/mol. The van der Waals surface area contributed by atoms with Crippen LogP contribution in [0.25, 0.3) is 11.1 Å². The molecule has 1 saturated heterocycles. The number of aromatic carboxylic acids is 1. The lowest BCUT2D eigenvalue weighted by Gasteiger charge is -2.32. The zero-order valence-corrected chi connectivity index (χ0v) is 16.9. The van der Waals surface area contributed by atoms with Gasteiger partial charge in [0.2, 0.25) is 0 Å². The first-order valence-corrected chi connectivity index (χ1v) is 10.1. The number of carbonyl (C=O) groups is 2. The molecule has 0 radical (unpaired) electrons. The average Bonchev–Trinajstić information content (AvgIpc) is 2.80. The lowest BCUT2D eigenvalue weighted by atomic mass is 10.0. The van der Waals surface area contributed by atoms with E-state index in [-0.39, 0.29) is 17.7 Å². The second-order valence-electron chi connectivity index (χ2n) is 7.39. The van der Waals surface area contributed by atoms with Gasteiger partial charge in [0.05, 0.1) is 17.4 Å². The van der Waals surface area contributed by atoms with Crippen LogP contribution in [0.15, 0.2) is 73.1 Å². The number of anilines is 1. The molecule has 31 heavy (non-hydrogen) atoms. The molecule has 2 aromatic carbocycles. The van der Waals surface area contributed by atoms with Crippen molar-refractivity contribution in [2.24, 2.45) is 0 Å². The Bertz CT molecular complexity index is 1060. The van der Waals surface area contributed by atoms with Crippen LogP contribution in [0.2, 0.25) is 0 Å². The van der Waals surface area contributed by atoms with Crippen molar-refractivity contribution >= 4 is 17.7 Å². The highest BCUT2D eigenvalue weighted by Gasteiger charge is 2.24. The number of benzene rings is 2. The fraction of sp³-hybridized carbons (Fsp3) is 0.208. The summed E-state index contributed by atoms with van der Waals surface area (Å²) in [5.74, 6) is -0.218. The summed E-state index contributed by atoms with van der Waals surface area (Å²) in [6.07, 6.45) is 4.77. The number of hydrogen-bond donors (Lipinski definition) is 2. The quantitative estimate of drug-likeness (QED) is 0.637. The molecule has 0 aliphatic carbocycles. The number of nitrogens with one attached hydrogen (secondary N) is 1. The number of nitrogens with zero attached hydrogens (tertiary/aromatic N) is 2. The normalized spacial score (nSPS) is 14.1. The maximum Gasteiger partial charge on any atom is 0.335 e. The van der Waals surface area contributed by atoms with Crippen LogP contribution in [0.4, 0.5) is 10.5 Å². The van der Waals surface area contributed by atoms with Gasteiger partial charge in [0.25, 0.3) is 0 Å². The lowest BCUT2D eigenvalue weighted by Crippen LogP contribution is -2.43. The van der Waals surface area contributed by atoms with Crippen LogP contribution in [0.3, 0.4) is 0 Å². The number of likely N-dealkylation sites (tertiary alicyclic amines) is 1. The van der Waals surface area contributed by atoms with E-state index < -0.39 is 5.97 Å². The van der Waals surface area contributed by atoms with Crippen molar-refractivity contribution in [2.45, 2.75) is 18.9 Å². The Kier molecular flexibility index (Phi) is 6.12. The van der Waals surface area contributed by atoms with Gasteiger partial charge in [-0.05, 0) is 47.5 Å². The number of carboxylic acid groups (broad SMARTS) is 1. The maximum atomic E-state index is 12.4. The highest BCUT2D eigenvalue weighted by atomic mass is 16.5. The van der Waals surface area contributed by atoms with Crippen LogP contribution in [0, 0.1) is 0 Å². The van der Waals surface area contributed by atoms with Gasteiger partial charge in [0.15, 0.2) is 0 Å². The second kappa shape index (κ2) is 9.30. The summed E-state index contributed by atoms with van der Waals surface area (Å²) in [5, 5.41) is 12.1. The molecule has 4 rings (SSSR count). The molecule has 158 valence electrons. The summed E-state index contributed by atoms with van der Waals surface area (Å²) >= 11 is 0. The van der Waals surface area contributed by atoms with E-state index in [1.165, 1.54) is 0 Å². The minimum Gasteiger partial charge on any atom is -0.490 e. The number of amides is 2. The zero-order chi connectivity index (χ0) is 21.6. The Morgan fingerprint density at radius 2 is 1.74 bits per heavy atom. The van der Waals surface area contributed by atoms with Crippen molar-refractivity contribution in [3.63, 3.8) is 0 Å². The largest absolute Gasteiger partial charge is 0.490 e. The van der Waals surface area contributed by atoms with Crippen LogP contribution >= 0.6 is 0 Å². The van der Waals surface area contributed by atoms with Crippen molar-refractivity contribution in [1.29, 1.82) is 0 Å². The SMILES string of the molecule is O=C(O)c1cccc(-c2cccc(OC3CCN(C(=O)Nc4cccnc4)CC3)c2)c1. The molecule has 1 aliphatic heterocycles. The average molecular weight is 417 g/mol. The number of aromatic nitrogens is 1. The Hall–Kier alpha value is -3.87. The number of hydrogen-bond acceptors (Lipinski definition) is 4. The number of piperidine rings is 1. The van der Waals surface area contributed by atoms with Crippen LogP contribution in [0.1, 0.15) is 23.2 Å². The molecule has 1 aromatic heterocycles. The van der Waals surface area contributed by atoms with Gasteiger partial charge in [-0.15, -0.1) is 0 Å². The maximum absolute atomic E-state index is 12.4. The topological polar surface area (TPSA) is 91.8 Å². The molecular weight excluding hydrogens is 394 g/mol. The summed E-state index contributed by atoms with van der Waals surface area (Å²) in [5.41, 5.74) is 2.65. The van der Waals surface area contributed by atoms with Crippen molar-refractivity contribution in [1.82, 2.24) is 9.88 Å². The Balaban J connectivity index is 1.35. The molecular formula is C24H23N3O4. The summed E-state index contributed by atoms with van der Waals surface area (Å²) in [4.78, 5) is 29.4. The highest BCUT2D eigenvalue weighted by molar-refractivity contribution is 5.90. The third kappa shape index (κ3) is 5.19. The molecule has 0 bridgehead atoms. The van der Waals surface area contributed by atoms with Gasteiger partial charge < -0.3 is 20.1 Å². The number of pyridine rings is 1. The number of rotatable bonds is 5. The van der Waals surface area contributed by atoms with Crippen molar-refractivity contribution < 1.29 is 19.4 Å². The fourth-order valence-corrected chi connectivity index (χ4v) is 3.59. The Labute approximate surface area is 180 Å². The van der Waals surface area contributed by atoms with Gasteiger partial charge >= 0.3 is 12.0 Å². The number of carbonyl (C=O) groups excluding carboxylic acids is 1. The molecule has 0 unspecified atom stereocenters. The van der Waals surface area contributed by atoms with E-state index in [1.807, 2.05) is 30.3 Å². The molecule has 7 nitrogen and oxygen atoms in total. The van der Waals surface area contributed by atoms with Gasteiger partial charge in [-0.25, -0.2) is 9.59 Å². The molecule has 0 saturated carbocycles. The van der Waals surface area contributed by atoms with E-state index >= 15 is 0 Å². The van der Waals surface area contributed by atoms with E-state index in [4.69, 9.17) is 4.74 Å². The standard InChI is InChI=1S/C24H23N3O4/c28-23(29)19-6-1-4-17(14-19)18-5-2-8-22(15-18)31-21-9-12-27(13-10-21)24(30)26-20-7-3-11-25-16-20/h1-8,11,14-16,21H,9-10,12-13H2,(H,26,30)(H,28,29). The molecule has 1 aliphatic rings. The number of carboxylic acids is 1. The van der Waals surface area contributed by atoms with Crippen molar-refractivity contribution in [2.75, 3.05) is 18.4 Å². The predicted octanol–water partition coefficient (Wildman–Crippen LogP) is 4.52. The monoisotopic (exact) mass is 417 g/mol. The Morgan fingerprint density at radius 1 is 1.00 bits per heavy atom. The highest BCUT2D eigenvalue weighted by Crippen LogP contribution is 2.27. The summed E-state index contributed by atoms with van der Waals surface area (Å²) in [7, 11) is 0. The zero-order valence-electron chi connectivity index (χ0n) is 16.9. The first kappa shape index (κ1) is 20.4. The van der Waals surface area contributed by atoms with Gasteiger partial charge in [-0.1, -0.05) is 24.3 Å². The van der Waals surface area contributed by atoms with E-state index in [2.05, 4.69) is 10.3 Å². The van der Waals surface area contributed by atoms with E-state index in [0.29, 0.717) is 18.8 Å². The van der Waals surface area contributed by atoms with Gasteiger partial charge in [0, 0.05) is 32.1 Å². The lowest BCUT2D eigenvalue weighted by molar-refractivity contribution is 0.0697. The molecule has 1 fully saturated rings. The van der Waals surface area contributed by atoms with Crippen LogP contribution < -0.4 is 10.1 Å². The fourth-order valence-electron chi connectivity index (χ4n) is 3.59. The third-order valence-corrected chi connectivity index (χ3v) is 5.22. The minimum absolute atomic E-state index is 0.0167. The molecule has 3 aromatic rings. The molecule has 2 N–H and O–H groups in total. The summed E-state index contributed by atoms with van der Waals surface area (Å²) in [6.45, 7) is 1.22. The van der Waals surface area contributed by atoms with Crippen molar-refractivity contribution in [3.05, 3.63) is 78.6 Å². The van der Waals surface area contributed by atoms with Gasteiger partial charge in [0.1, 0.15) is 11.9 Å². The van der Waals surface area contributed by atoms with Gasteiger partial charge in [-0.3, -0.25) is 4.98 Å². The third-order valence-electron chi connectivity index (χ3n) is 5.22. The van der Waals surface area contributed by atoms with Crippen molar-refractivity contribution in [3.8, 4) is 16.9 Å². The summed E-state index contributed by atoms with van der Waals surface area (Å²) in [6, 6.07) is 17.9. The minimum atomic E-state index is -0.950. The van der Waals surface area contributed by atoms with Crippen LogP contribution in [-0.4, -0.2) is 46.2 Å². The van der Waals surface area contributed by atoms with Crippen LogP contribution in [-0.2, 0) is 0 Å². The molecule has 2 amide bonds. The molecule has 0 spiro atoms. The Morgan fingerprint density at radius 3 is 2.45 bits per heavy atom. The first-order chi connectivity index (χ1) is 15.1. The first-order valence-electron chi connectivity index (χ1n) is 10.1. The molecule has 2 heterocycles.